The fourth-order valence-corrected chi connectivity index (χ4v) is 2.01. The molecule has 104 valence electrons. The lowest BCUT2D eigenvalue weighted by Gasteiger charge is -2.16. The third kappa shape index (κ3) is 4.65. The molecule has 0 aliphatic rings. The Morgan fingerprint density at radius 3 is 2.32 bits per heavy atom. The number of amides is 1. The monoisotopic (exact) mass is 282 g/mol. The van der Waals surface area contributed by atoms with Crippen molar-refractivity contribution < 1.29 is 9.59 Å². The van der Waals surface area contributed by atoms with Crippen LogP contribution in [-0.2, 0) is 4.79 Å². The average Bonchev–Trinajstić information content (AvgIpc) is 2.29. The predicted molar refractivity (Wildman–Crippen MR) is 77.8 cm³/mol. The average molecular weight is 283 g/mol. The summed E-state index contributed by atoms with van der Waals surface area (Å²) >= 11 is 6.04. The van der Waals surface area contributed by atoms with E-state index in [0.717, 1.165) is 0 Å². The molecule has 0 fully saturated rings. The Hall–Kier alpha value is -1.39. The molecular weight excluding hydrogens is 264 g/mol. The Morgan fingerprint density at radius 2 is 1.84 bits per heavy atom. The summed E-state index contributed by atoms with van der Waals surface area (Å²) in [6.07, 6.45) is 0. The van der Waals surface area contributed by atoms with Crippen LogP contribution in [-0.4, -0.2) is 23.8 Å². The Bertz CT molecular complexity index is 486. The highest BCUT2D eigenvalue weighted by atomic mass is 35.5. The normalized spacial score (nSPS) is 12.3. The number of rotatable bonds is 5. The van der Waals surface area contributed by atoms with Crippen molar-refractivity contribution in [3.05, 3.63) is 28.8 Å². The fraction of sp³-hybridized carbons (Fsp3) is 0.429. The number of halogens is 1. The van der Waals surface area contributed by atoms with E-state index in [0.29, 0.717) is 16.3 Å². The molecule has 0 radical (unpaired) electrons. The van der Waals surface area contributed by atoms with Crippen LogP contribution >= 0.6 is 11.6 Å². The van der Waals surface area contributed by atoms with Gasteiger partial charge in [0.05, 0.1) is 16.8 Å². The summed E-state index contributed by atoms with van der Waals surface area (Å²) in [6, 6.07) is 4.83. The van der Waals surface area contributed by atoms with Gasteiger partial charge in [0.1, 0.15) is 0 Å². The summed E-state index contributed by atoms with van der Waals surface area (Å²) in [5.74, 6) is -0.221. The van der Waals surface area contributed by atoms with Crippen LogP contribution in [0.4, 0.5) is 5.69 Å². The first kappa shape index (κ1) is 15.7. The van der Waals surface area contributed by atoms with E-state index in [2.05, 4.69) is 10.6 Å². The van der Waals surface area contributed by atoms with Crippen LogP contribution < -0.4 is 10.6 Å². The van der Waals surface area contributed by atoms with E-state index in [9.17, 15) is 9.59 Å². The first-order valence-electron chi connectivity index (χ1n) is 6.18. The minimum Gasteiger partial charge on any atom is -0.325 e. The zero-order chi connectivity index (χ0) is 14.6. The summed E-state index contributed by atoms with van der Waals surface area (Å²) in [4.78, 5) is 23.1. The van der Waals surface area contributed by atoms with Crippen molar-refractivity contribution in [2.45, 2.75) is 39.8 Å². The maximum Gasteiger partial charge on any atom is 0.221 e. The van der Waals surface area contributed by atoms with Gasteiger partial charge in [0.25, 0.3) is 0 Å². The highest BCUT2D eigenvalue weighted by Crippen LogP contribution is 2.23. The van der Waals surface area contributed by atoms with Gasteiger partial charge in [-0.05, 0) is 25.1 Å². The van der Waals surface area contributed by atoms with E-state index in [4.69, 9.17) is 11.6 Å². The number of carbonyl (C=O) groups is 2. The standard InChI is InChI=1S/C14H19ClN2O2/c1-8(2)16-9(3)14(19)11-5-6-13(12(15)7-11)17-10(4)18/h5-9,16H,1-4H3,(H,17,18). The zero-order valence-electron chi connectivity index (χ0n) is 11.6. The lowest BCUT2D eigenvalue weighted by Crippen LogP contribution is -2.38. The summed E-state index contributed by atoms with van der Waals surface area (Å²) in [6.45, 7) is 7.19. The van der Waals surface area contributed by atoms with Crippen LogP contribution in [0, 0.1) is 0 Å². The van der Waals surface area contributed by atoms with Crippen molar-refractivity contribution in [2.75, 3.05) is 5.32 Å². The Labute approximate surface area is 118 Å². The SMILES string of the molecule is CC(=O)Nc1ccc(C(=O)C(C)NC(C)C)cc1Cl. The van der Waals surface area contributed by atoms with Gasteiger partial charge in [-0.2, -0.15) is 0 Å². The molecule has 1 atom stereocenters. The molecule has 0 bridgehead atoms. The van der Waals surface area contributed by atoms with Crippen molar-refractivity contribution in [2.24, 2.45) is 0 Å². The summed E-state index contributed by atoms with van der Waals surface area (Å²) in [5.41, 5.74) is 1.04. The molecular formula is C14H19ClN2O2. The van der Waals surface area contributed by atoms with Crippen LogP contribution in [0.25, 0.3) is 0 Å². The molecule has 0 aromatic heterocycles. The van der Waals surface area contributed by atoms with Gasteiger partial charge < -0.3 is 10.6 Å². The van der Waals surface area contributed by atoms with Crippen LogP contribution in [0.3, 0.4) is 0 Å². The van der Waals surface area contributed by atoms with Crippen LogP contribution in [0.1, 0.15) is 38.1 Å². The summed E-state index contributed by atoms with van der Waals surface area (Å²) < 4.78 is 0. The molecule has 0 aliphatic heterocycles. The van der Waals surface area contributed by atoms with Crippen LogP contribution in [0.15, 0.2) is 18.2 Å². The third-order valence-electron chi connectivity index (χ3n) is 2.54. The first-order valence-corrected chi connectivity index (χ1v) is 6.56. The molecule has 1 amide bonds. The molecule has 0 spiro atoms. The summed E-state index contributed by atoms with van der Waals surface area (Å²) in [5, 5.41) is 6.11. The zero-order valence-corrected chi connectivity index (χ0v) is 12.3. The third-order valence-corrected chi connectivity index (χ3v) is 2.85. The summed E-state index contributed by atoms with van der Waals surface area (Å²) in [7, 11) is 0. The van der Waals surface area contributed by atoms with E-state index < -0.39 is 0 Å². The van der Waals surface area contributed by atoms with Crippen LogP contribution in [0.5, 0.6) is 0 Å². The molecule has 1 aromatic rings. The van der Waals surface area contributed by atoms with E-state index in [1.54, 1.807) is 18.2 Å². The quantitative estimate of drug-likeness (QED) is 0.817. The molecule has 1 unspecified atom stereocenters. The maximum absolute atomic E-state index is 12.2. The smallest absolute Gasteiger partial charge is 0.221 e. The highest BCUT2D eigenvalue weighted by Gasteiger charge is 2.16. The molecule has 4 nitrogen and oxygen atoms in total. The van der Waals surface area contributed by atoms with Crippen LogP contribution in [0.2, 0.25) is 5.02 Å². The predicted octanol–water partition coefficient (Wildman–Crippen LogP) is 2.87. The van der Waals surface area contributed by atoms with Crippen molar-refractivity contribution in [3.63, 3.8) is 0 Å². The molecule has 0 saturated heterocycles. The Kier molecular flexibility index (Phi) is 5.51. The second kappa shape index (κ2) is 6.68. The van der Waals surface area contributed by atoms with Crippen molar-refractivity contribution in [1.82, 2.24) is 5.32 Å². The first-order chi connectivity index (χ1) is 8.81. The molecule has 1 aromatic carbocycles. The number of benzene rings is 1. The van der Waals surface area contributed by atoms with Gasteiger partial charge >= 0.3 is 0 Å². The second-order valence-electron chi connectivity index (χ2n) is 4.78. The number of carbonyl (C=O) groups excluding carboxylic acids is 2. The van der Waals surface area contributed by atoms with Crippen molar-refractivity contribution in [3.8, 4) is 0 Å². The highest BCUT2D eigenvalue weighted by molar-refractivity contribution is 6.34. The minimum atomic E-state index is -0.275. The van der Waals surface area contributed by atoms with E-state index in [-0.39, 0.29) is 23.8 Å². The fourth-order valence-electron chi connectivity index (χ4n) is 1.79. The van der Waals surface area contributed by atoms with Gasteiger partial charge in [-0.3, -0.25) is 9.59 Å². The van der Waals surface area contributed by atoms with Gasteiger partial charge in [-0.15, -0.1) is 0 Å². The van der Waals surface area contributed by atoms with Gasteiger partial charge in [0.15, 0.2) is 5.78 Å². The second-order valence-corrected chi connectivity index (χ2v) is 5.19. The van der Waals surface area contributed by atoms with Gasteiger partial charge in [0, 0.05) is 18.5 Å². The van der Waals surface area contributed by atoms with Crippen molar-refractivity contribution >= 4 is 29.0 Å². The Balaban J connectivity index is 2.88. The molecule has 19 heavy (non-hydrogen) atoms. The molecule has 0 heterocycles. The molecule has 5 heteroatoms. The molecule has 0 aliphatic carbocycles. The van der Waals surface area contributed by atoms with Gasteiger partial charge in [0.2, 0.25) is 5.91 Å². The number of ketones is 1. The number of nitrogens with one attached hydrogen (secondary N) is 2. The number of Topliss-reactive ketones (excluding diaryl/α,β-unsaturated/α-hetero) is 1. The molecule has 2 N–H and O–H groups in total. The topological polar surface area (TPSA) is 58.2 Å². The van der Waals surface area contributed by atoms with Gasteiger partial charge in [-0.25, -0.2) is 0 Å². The van der Waals surface area contributed by atoms with E-state index in [1.165, 1.54) is 6.92 Å². The van der Waals surface area contributed by atoms with E-state index >= 15 is 0 Å². The minimum absolute atomic E-state index is 0.0232. The number of hydrogen-bond donors (Lipinski definition) is 2. The van der Waals surface area contributed by atoms with E-state index in [1.807, 2.05) is 20.8 Å². The largest absolute Gasteiger partial charge is 0.325 e. The lowest BCUT2D eigenvalue weighted by atomic mass is 10.0. The maximum atomic E-state index is 12.2. The Morgan fingerprint density at radius 1 is 1.21 bits per heavy atom. The number of anilines is 1. The molecule has 1 rings (SSSR count). The van der Waals surface area contributed by atoms with Gasteiger partial charge in [-0.1, -0.05) is 25.4 Å². The lowest BCUT2D eigenvalue weighted by molar-refractivity contribution is -0.114. The molecule has 0 saturated carbocycles. The number of hydrogen-bond acceptors (Lipinski definition) is 3. The van der Waals surface area contributed by atoms with Crippen molar-refractivity contribution in [1.29, 1.82) is 0 Å².